The SMILES string of the molecule is COC(=O)c1cc(N(Cc2ccc(C#Cc3ccc(OC)cc3)cc2)CC2CCCC2)ccc1O. The number of ether oxygens (including phenoxy) is 2. The number of aromatic hydroxyl groups is 1. The van der Waals surface area contributed by atoms with Gasteiger partial charge in [0.15, 0.2) is 0 Å². The maximum Gasteiger partial charge on any atom is 0.341 e. The van der Waals surface area contributed by atoms with Crippen molar-refractivity contribution in [3.8, 4) is 23.3 Å². The third-order valence-electron chi connectivity index (χ3n) is 6.47. The second-order valence-corrected chi connectivity index (χ2v) is 8.90. The number of hydrogen-bond acceptors (Lipinski definition) is 5. The molecule has 0 radical (unpaired) electrons. The molecule has 3 aromatic carbocycles. The van der Waals surface area contributed by atoms with E-state index in [-0.39, 0.29) is 11.3 Å². The minimum atomic E-state index is -0.537. The molecule has 0 spiro atoms. The largest absolute Gasteiger partial charge is 0.507 e. The molecule has 5 nitrogen and oxygen atoms in total. The Labute approximate surface area is 207 Å². The molecule has 35 heavy (non-hydrogen) atoms. The lowest BCUT2D eigenvalue weighted by Crippen LogP contribution is -2.28. The Kier molecular flexibility index (Phi) is 7.95. The predicted molar refractivity (Wildman–Crippen MR) is 138 cm³/mol. The molecule has 1 fully saturated rings. The summed E-state index contributed by atoms with van der Waals surface area (Å²) in [5.41, 5.74) is 4.13. The summed E-state index contributed by atoms with van der Waals surface area (Å²) in [4.78, 5) is 14.4. The monoisotopic (exact) mass is 469 g/mol. The van der Waals surface area contributed by atoms with E-state index in [2.05, 4.69) is 28.9 Å². The van der Waals surface area contributed by atoms with E-state index in [4.69, 9.17) is 9.47 Å². The highest BCUT2D eigenvalue weighted by Crippen LogP contribution is 2.31. The second-order valence-electron chi connectivity index (χ2n) is 8.90. The second kappa shape index (κ2) is 11.5. The van der Waals surface area contributed by atoms with Crippen molar-refractivity contribution < 1.29 is 19.4 Å². The lowest BCUT2D eigenvalue weighted by Gasteiger charge is -2.28. The minimum absolute atomic E-state index is 0.0683. The average molecular weight is 470 g/mol. The molecule has 4 rings (SSSR count). The Morgan fingerprint density at radius 2 is 1.57 bits per heavy atom. The molecule has 0 amide bonds. The molecular formula is C30H31NO4. The molecule has 0 aromatic heterocycles. The number of hydrogen-bond donors (Lipinski definition) is 1. The Morgan fingerprint density at radius 3 is 2.17 bits per heavy atom. The van der Waals surface area contributed by atoms with E-state index in [1.54, 1.807) is 19.2 Å². The van der Waals surface area contributed by atoms with E-state index in [1.807, 2.05) is 42.5 Å². The van der Waals surface area contributed by atoms with Crippen LogP contribution in [0.4, 0.5) is 5.69 Å². The van der Waals surface area contributed by atoms with E-state index in [9.17, 15) is 9.90 Å². The molecule has 3 aromatic rings. The first-order valence-corrected chi connectivity index (χ1v) is 12.0. The quantitative estimate of drug-likeness (QED) is 0.351. The summed E-state index contributed by atoms with van der Waals surface area (Å²) < 4.78 is 10.0. The number of esters is 1. The van der Waals surface area contributed by atoms with Crippen LogP contribution in [0, 0.1) is 17.8 Å². The molecule has 180 valence electrons. The van der Waals surface area contributed by atoms with E-state index in [0.29, 0.717) is 12.5 Å². The third kappa shape index (κ3) is 6.36. The van der Waals surface area contributed by atoms with E-state index >= 15 is 0 Å². The van der Waals surface area contributed by atoms with Crippen LogP contribution in [-0.4, -0.2) is 31.8 Å². The van der Waals surface area contributed by atoms with Gasteiger partial charge in [0.05, 0.1) is 14.2 Å². The Bertz CT molecular complexity index is 1200. The Hall–Kier alpha value is -3.91. The number of methoxy groups -OCH3 is 2. The summed E-state index contributed by atoms with van der Waals surface area (Å²) in [6, 6.07) is 21.1. The highest BCUT2D eigenvalue weighted by Gasteiger charge is 2.21. The van der Waals surface area contributed by atoms with E-state index < -0.39 is 5.97 Å². The molecule has 0 unspecified atom stereocenters. The number of rotatable bonds is 7. The highest BCUT2D eigenvalue weighted by atomic mass is 16.5. The van der Waals surface area contributed by atoms with Crippen molar-refractivity contribution in [2.45, 2.75) is 32.2 Å². The number of carbonyl (C=O) groups excluding carboxylic acids is 1. The van der Waals surface area contributed by atoms with Gasteiger partial charge in [0.25, 0.3) is 0 Å². The van der Waals surface area contributed by atoms with Crippen molar-refractivity contribution in [3.05, 3.63) is 89.0 Å². The van der Waals surface area contributed by atoms with Crippen molar-refractivity contribution in [1.29, 1.82) is 0 Å². The maximum absolute atomic E-state index is 12.1. The van der Waals surface area contributed by atoms with Gasteiger partial charge in [-0.05, 0) is 78.9 Å². The Balaban J connectivity index is 1.52. The predicted octanol–water partition coefficient (Wildman–Crippen LogP) is 5.78. The Morgan fingerprint density at radius 1 is 0.943 bits per heavy atom. The van der Waals surface area contributed by atoms with Crippen LogP contribution in [0.3, 0.4) is 0 Å². The van der Waals surface area contributed by atoms with Crippen molar-refractivity contribution in [2.24, 2.45) is 5.92 Å². The van der Waals surface area contributed by atoms with Crippen LogP contribution in [-0.2, 0) is 11.3 Å². The summed E-state index contributed by atoms with van der Waals surface area (Å²) in [7, 11) is 2.97. The van der Waals surface area contributed by atoms with Crippen molar-refractivity contribution in [1.82, 2.24) is 0 Å². The number of carbonyl (C=O) groups is 1. The van der Waals surface area contributed by atoms with E-state index in [1.165, 1.54) is 32.8 Å². The molecule has 0 saturated heterocycles. The summed E-state index contributed by atoms with van der Waals surface area (Å²) in [5.74, 6) is 7.24. The lowest BCUT2D eigenvalue weighted by molar-refractivity contribution is 0.0597. The molecule has 1 N–H and O–H groups in total. The van der Waals surface area contributed by atoms with E-state index in [0.717, 1.165) is 34.7 Å². The molecule has 0 heterocycles. The van der Waals surface area contributed by atoms with Gasteiger partial charge in [-0.15, -0.1) is 0 Å². The first kappa shape index (κ1) is 24.2. The summed E-state index contributed by atoms with van der Waals surface area (Å²) in [6.45, 7) is 1.61. The van der Waals surface area contributed by atoms with Gasteiger partial charge < -0.3 is 19.5 Å². The van der Waals surface area contributed by atoms with Crippen LogP contribution in [0.5, 0.6) is 11.5 Å². The average Bonchev–Trinajstić information content (AvgIpc) is 3.41. The first-order valence-electron chi connectivity index (χ1n) is 12.0. The number of anilines is 1. The fraction of sp³-hybridized carbons (Fsp3) is 0.300. The zero-order chi connectivity index (χ0) is 24.6. The molecule has 1 aliphatic carbocycles. The van der Waals surface area contributed by atoms with Crippen molar-refractivity contribution in [3.63, 3.8) is 0 Å². The number of nitrogens with zero attached hydrogens (tertiary/aromatic N) is 1. The topological polar surface area (TPSA) is 59.0 Å². The fourth-order valence-corrected chi connectivity index (χ4v) is 4.49. The van der Waals surface area contributed by atoms with Gasteiger partial charge in [-0.2, -0.15) is 0 Å². The number of phenolic OH excluding ortho intramolecular Hbond substituents is 1. The molecule has 1 saturated carbocycles. The standard InChI is InChI=1S/C30H31NO4/c1-34-27-16-13-23(14-17-27)8-7-22-9-11-25(12-10-22)21-31(20-24-5-3-4-6-24)26-15-18-29(32)28(19-26)30(33)35-2/h9-19,24,32H,3-6,20-21H2,1-2H3. The van der Waals surface area contributed by atoms with Crippen molar-refractivity contribution >= 4 is 11.7 Å². The van der Waals surface area contributed by atoms with Gasteiger partial charge in [0.1, 0.15) is 17.1 Å². The molecule has 0 bridgehead atoms. The first-order chi connectivity index (χ1) is 17.1. The molecular weight excluding hydrogens is 438 g/mol. The highest BCUT2D eigenvalue weighted by molar-refractivity contribution is 5.93. The summed E-state index contributed by atoms with van der Waals surface area (Å²) in [5, 5.41) is 10.1. The van der Waals surface area contributed by atoms with Gasteiger partial charge in [-0.25, -0.2) is 4.79 Å². The molecule has 0 atom stereocenters. The number of benzene rings is 3. The molecule has 0 aliphatic heterocycles. The lowest BCUT2D eigenvalue weighted by atomic mass is 10.0. The van der Waals surface area contributed by atoms with Gasteiger partial charge >= 0.3 is 5.97 Å². The van der Waals surface area contributed by atoms with Crippen LogP contribution >= 0.6 is 0 Å². The smallest absolute Gasteiger partial charge is 0.341 e. The normalized spacial score (nSPS) is 13.1. The van der Waals surface area contributed by atoms with Gasteiger partial charge in [-0.1, -0.05) is 36.8 Å². The molecule has 5 heteroatoms. The van der Waals surface area contributed by atoms with Gasteiger partial charge in [0.2, 0.25) is 0 Å². The van der Waals surface area contributed by atoms with Gasteiger partial charge in [-0.3, -0.25) is 0 Å². The van der Waals surface area contributed by atoms with Gasteiger partial charge in [0, 0.05) is 29.9 Å². The van der Waals surface area contributed by atoms with Crippen LogP contribution in [0.15, 0.2) is 66.7 Å². The van der Waals surface area contributed by atoms with Crippen LogP contribution in [0.1, 0.15) is 52.7 Å². The fourth-order valence-electron chi connectivity index (χ4n) is 4.49. The minimum Gasteiger partial charge on any atom is -0.507 e. The zero-order valence-corrected chi connectivity index (χ0v) is 20.3. The summed E-state index contributed by atoms with van der Waals surface area (Å²) in [6.07, 6.45) is 4.97. The maximum atomic E-state index is 12.1. The van der Waals surface area contributed by atoms with Crippen LogP contribution in [0.25, 0.3) is 0 Å². The molecule has 1 aliphatic rings. The zero-order valence-electron chi connectivity index (χ0n) is 20.3. The third-order valence-corrected chi connectivity index (χ3v) is 6.47. The van der Waals surface area contributed by atoms with Crippen LogP contribution in [0.2, 0.25) is 0 Å². The summed E-state index contributed by atoms with van der Waals surface area (Å²) >= 11 is 0. The van der Waals surface area contributed by atoms with Crippen molar-refractivity contribution in [2.75, 3.05) is 25.7 Å². The van der Waals surface area contributed by atoms with Crippen LogP contribution < -0.4 is 9.64 Å². The number of phenols is 1.